The molecule has 2 rings (SSSR count). The van der Waals surface area contributed by atoms with E-state index in [1.165, 1.54) is 18.2 Å². The van der Waals surface area contributed by atoms with E-state index in [2.05, 4.69) is 4.98 Å². The Kier molecular flexibility index (Phi) is 3.16. The number of hydrogen-bond acceptors (Lipinski definition) is 3. The Hall–Kier alpha value is -1.40. The molecule has 0 fully saturated rings. The van der Waals surface area contributed by atoms with Gasteiger partial charge in [0.05, 0.1) is 11.4 Å². The summed E-state index contributed by atoms with van der Waals surface area (Å²) in [5.41, 5.74) is 0.392. The van der Waals surface area contributed by atoms with E-state index in [1.807, 2.05) is 0 Å². The Morgan fingerprint density at radius 2 is 1.94 bits per heavy atom. The minimum absolute atomic E-state index is 0.0588. The molecule has 2 aromatic rings. The van der Waals surface area contributed by atoms with E-state index in [-0.39, 0.29) is 16.0 Å². The first-order valence-electron chi connectivity index (χ1n) is 5.02. The zero-order chi connectivity index (χ0) is 13.5. The first-order valence-corrected chi connectivity index (χ1v) is 7.29. The van der Waals surface area contributed by atoms with Gasteiger partial charge >= 0.3 is 0 Å². The molecule has 0 aliphatic carbocycles. The number of nitrogens with zero attached hydrogens (tertiary/aromatic N) is 2. The summed E-state index contributed by atoms with van der Waals surface area (Å²) in [4.78, 5) is 3.88. The fraction of sp³-hybridized carbons (Fsp3) is 0.182. The van der Waals surface area contributed by atoms with Gasteiger partial charge in [-0.25, -0.2) is 17.8 Å². The first-order chi connectivity index (χ1) is 8.32. The maximum Gasteiger partial charge on any atom is 0.233 e. The van der Waals surface area contributed by atoms with E-state index in [0.29, 0.717) is 5.69 Å². The van der Waals surface area contributed by atoms with Crippen molar-refractivity contribution in [2.24, 2.45) is 0 Å². The molecule has 18 heavy (non-hydrogen) atoms. The number of aromatic nitrogens is 2. The van der Waals surface area contributed by atoms with Gasteiger partial charge in [0.15, 0.2) is 0 Å². The molecule has 0 N–H and O–H groups in total. The second-order valence-corrected chi connectivity index (χ2v) is 6.10. The fourth-order valence-corrected chi connectivity index (χ4v) is 2.66. The molecule has 96 valence electrons. The van der Waals surface area contributed by atoms with Crippen molar-refractivity contribution < 1.29 is 12.8 Å². The molecule has 0 amide bonds. The summed E-state index contributed by atoms with van der Waals surface area (Å²) < 4.78 is 38.1. The van der Waals surface area contributed by atoms with Crippen LogP contribution in [0.2, 0.25) is 5.15 Å². The number of imidazole rings is 1. The third-order valence-electron chi connectivity index (χ3n) is 2.37. The van der Waals surface area contributed by atoms with Crippen LogP contribution in [0, 0.1) is 12.7 Å². The van der Waals surface area contributed by atoms with E-state index >= 15 is 0 Å². The Morgan fingerprint density at radius 1 is 1.33 bits per heavy atom. The van der Waals surface area contributed by atoms with E-state index in [4.69, 9.17) is 11.6 Å². The van der Waals surface area contributed by atoms with Crippen LogP contribution in [0.4, 0.5) is 4.39 Å². The summed E-state index contributed by atoms with van der Waals surface area (Å²) in [7, 11) is -3.60. The van der Waals surface area contributed by atoms with E-state index in [9.17, 15) is 12.8 Å². The van der Waals surface area contributed by atoms with Crippen LogP contribution in [0.25, 0.3) is 5.69 Å². The lowest BCUT2D eigenvalue weighted by atomic mass is 10.3. The van der Waals surface area contributed by atoms with E-state index in [1.54, 1.807) is 13.0 Å². The van der Waals surface area contributed by atoms with Crippen LogP contribution in [0.1, 0.15) is 5.69 Å². The molecule has 0 saturated carbocycles. The lowest BCUT2D eigenvalue weighted by Gasteiger charge is -2.08. The smallest absolute Gasteiger partial charge is 0.233 e. The highest BCUT2D eigenvalue weighted by Crippen LogP contribution is 2.26. The molecule has 0 aliphatic rings. The van der Waals surface area contributed by atoms with Crippen LogP contribution in [-0.4, -0.2) is 24.2 Å². The van der Waals surface area contributed by atoms with Crippen molar-refractivity contribution in [2.45, 2.75) is 12.1 Å². The number of aryl methyl sites for hydroxylation is 1. The molecule has 0 bridgehead atoms. The van der Waals surface area contributed by atoms with Crippen molar-refractivity contribution in [3.05, 3.63) is 40.9 Å². The van der Waals surface area contributed by atoms with Gasteiger partial charge in [-0.15, -0.1) is 0 Å². The second kappa shape index (κ2) is 4.37. The van der Waals surface area contributed by atoms with Crippen LogP contribution in [0.5, 0.6) is 0 Å². The van der Waals surface area contributed by atoms with Crippen LogP contribution in [0.3, 0.4) is 0 Å². The molecule has 0 radical (unpaired) electrons. The average molecular weight is 289 g/mol. The monoisotopic (exact) mass is 288 g/mol. The highest BCUT2D eigenvalue weighted by atomic mass is 35.5. The zero-order valence-corrected chi connectivity index (χ0v) is 11.3. The number of sulfone groups is 1. The normalized spacial score (nSPS) is 11.8. The van der Waals surface area contributed by atoms with Gasteiger partial charge < -0.3 is 0 Å². The molecule has 0 unspecified atom stereocenters. The van der Waals surface area contributed by atoms with E-state index in [0.717, 1.165) is 10.8 Å². The molecule has 1 aromatic heterocycles. The van der Waals surface area contributed by atoms with Crippen LogP contribution in [0.15, 0.2) is 29.4 Å². The van der Waals surface area contributed by atoms with Crippen molar-refractivity contribution in [3.63, 3.8) is 0 Å². The molecule has 0 aliphatic heterocycles. The van der Waals surface area contributed by atoms with Crippen LogP contribution < -0.4 is 0 Å². The first kappa shape index (κ1) is 13.0. The SMILES string of the molecule is Cc1nc(S(C)(=O)=O)n(-c2ccccc2F)c1Cl. The maximum atomic E-state index is 13.7. The Morgan fingerprint density at radius 3 is 2.50 bits per heavy atom. The highest BCUT2D eigenvalue weighted by Gasteiger charge is 2.23. The van der Waals surface area contributed by atoms with Crippen molar-refractivity contribution in [1.82, 2.24) is 9.55 Å². The lowest BCUT2D eigenvalue weighted by molar-refractivity contribution is 0.584. The standard InChI is InChI=1S/C11H10ClFN2O2S/c1-7-10(12)15(11(14-7)18(2,16)17)9-6-4-3-5-8(9)13/h3-6H,1-2H3. The van der Waals surface area contributed by atoms with E-state index < -0.39 is 15.7 Å². The molecular formula is C11H10ClFN2O2S. The fourth-order valence-electron chi connectivity index (χ4n) is 1.58. The highest BCUT2D eigenvalue weighted by molar-refractivity contribution is 7.90. The lowest BCUT2D eigenvalue weighted by Crippen LogP contribution is -2.09. The van der Waals surface area contributed by atoms with Gasteiger partial charge in [-0.2, -0.15) is 0 Å². The second-order valence-electron chi connectivity index (χ2n) is 3.83. The molecule has 7 heteroatoms. The third-order valence-corrected chi connectivity index (χ3v) is 3.75. The van der Waals surface area contributed by atoms with Gasteiger partial charge in [0, 0.05) is 6.26 Å². The minimum Gasteiger partial charge on any atom is -0.271 e. The van der Waals surface area contributed by atoms with Gasteiger partial charge in [0.25, 0.3) is 0 Å². The summed E-state index contributed by atoms with van der Waals surface area (Å²) in [5.74, 6) is -0.568. The molecule has 0 saturated heterocycles. The molecule has 1 heterocycles. The molecular weight excluding hydrogens is 279 g/mol. The minimum atomic E-state index is -3.60. The predicted octanol–water partition coefficient (Wildman–Crippen LogP) is 2.38. The summed E-state index contributed by atoms with van der Waals surface area (Å²) in [6.07, 6.45) is 1.00. The van der Waals surface area contributed by atoms with Crippen molar-refractivity contribution >= 4 is 21.4 Å². The van der Waals surface area contributed by atoms with Crippen molar-refractivity contribution in [1.29, 1.82) is 0 Å². The maximum absolute atomic E-state index is 13.7. The van der Waals surface area contributed by atoms with Gasteiger partial charge in [0.2, 0.25) is 15.0 Å². The number of para-hydroxylation sites is 1. The van der Waals surface area contributed by atoms with Crippen LogP contribution in [-0.2, 0) is 9.84 Å². The van der Waals surface area contributed by atoms with Crippen molar-refractivity contribution in [3.8, 4) is 5.69 Å². The van der Waals surface area contributed by atoms with Gasteiger partial charge in [-0.3, -0.25) is 4.57 Å². The molecule has 4 nitrogen and oxygen atoms in total. The molecule has 0 spiro atoms. The number of benzene rings is 1. The number of rotatable bonds is 2. The third kappa shape index (κ3) is 2.13. The zero-order valence-electron chi connectivity index (χ0n) is 9.68. The van der Waals surface area contributed by atoms with Gasteiger partial charge in [-0.05, 0) is 19.1 Å². The van der Waals surface area contributed by atoms with Gasteiger partial charge in [-0.1, -0.05) is 23.7 Å². The summed E-state index contributed by atoms with van der Waals surface area (Å²) in [6.45, 7) is 1.56. The summed E-state index contributed by atoms with van der Waals surface area (Å²) in [5, 5.41) is -0.185. The summed E-state index contributed by atoms with van der Waals surface area (Å²) >= 11 is 6.00. The average Bonchev–Trinajstić information content (AvgIpc) is 2.57. The Balaban J connectivity index is 2.84. The largest absolute Gasteiger partial charge is 0.271 e. The van der Waals surface area contributed by atoms with Gasteiger partial charge in [0.1, 0.15) is 11.0 Å². The Bertz CT molecular complexity index is 710. The predicted molar refractivity (Wildman–Crippen MR) is 66.4 cm³/mol. The number of halogens is 2. The number of hydrogen-bond donors (Lipinski definition) is 0. The van der Waals surface area contributed by atoms with Crippen LogP contribution >= 0.6 is 11.6 Å². The Labute approximate surface area is 109 Å². The topological polar surface area (TPSA) is 52.0 Å². The van der Waals surface area contributed by atoms with Crippen molar-refractivity contribution in [2.75, 3.05) is 6.26 Å². The molecule has 1 aromatic carbocycles. The summed E-state index contributed by atoms with van der Waals surface area (Å²) in [6, 6.07) is 5.77. The quantitative estimate of drug-likeness (QED) is 0.852. The molecule has 0 atom stereocenters.